The van der Waals surface area contributed by atoms with E-state index in [1.54, 1.807) is 11.3 Å². The van der Waals surface area contributed by atoms with Crippen LogP contribution in [0.5, 0.6) is 0 Å². The molecule has 4 nitrogen and oxygen atoms in total. The first-order valence-corrected chi connectivity index (χ1v) is 9.95. The number of thiophene rings is 1. The first-order chi connectivity index (χ1) is 12.3. The number of hydrogen-bond donors (Lipinski definition) is 1. The molecule has 2 saturated carbocycles. The Morgan fingerprint density at radius 2 is 1.88 bits per heavy atom. The third-order valence-electron chi connectivity index (χ3n) is 5.06. The van der Waals surface area contributed by atoms with Crippen molar-refractivity contribution in [3.8, 4) is 11.1 Å². The fourth-order valence-corrected chi connectivity index (χ4v) is 4.41. The molecular formula is C20H21N3OS. The normalized spacial score (nSPS) is 17.2. The van der Waals surface area contributed by atoms with Crippen LogP contribution in [-0.4, -0.2) is 34.3 Å². The van der Waals surface area contributed by atoms with E-state index in [0.717, 1.165) is 21.9 Å². The van der Waals surface area contributed by atoms with E-state index < -0.39 is 0 Å². The SMILES string of the molecule is OCCN(c1nc(C2CC2)nc2scc(-c3ccccc3)c12)C1CC1. The third-order valence-corrected chi connectivity index (χ3v) is 5.93. The van der Waals surface area contributed by atoms with Crippen LogP contribution >= 0.6 is 11.3 Å². The molecule has 0 radical (unpaired) electrons. The molecule has 2 heterocycles. The van der Waals surface area contributed by atoms with Crippen molar-refractivity contribution in [1.29, 1.82) is 0 Å². The fraction of sp³-hybridized carbons (Fsp3) is 0.400. The average molecular weight is 351 g/mol. The first kappa shape index (κ1) is 15.3. The molecule has 5 rings (SSSR count). The molecule has 0 atom stereocenters. The number of anilines is 1. The van der Waals surface area contributed by atoms with E-state index >= 15 is 0 Å². The molecule has 1 aromatic carbocycles. The minimum Gasteiger partial charge on any atom is -0.395 e. The zero-order valence-electron chi connectivity index (χ0n) is 14.1. The lowest BCUT2D eigenvalue weighted by Crippen LogP contribution is -2.30. The van der Waals surface area contributed by atoms with Gasteiger partial charge in [-0.1, -0.05) is 30.3 Å². The zero-order valence-corrected chi connectivity index (χ0v) is 14.9. The van der Waals surface area contributed by atoms with Crippen LogP contribution in [0.1, 0.15) is 37.4 Å². The fourth-order valence-electron chi connectivity index (χ4n) is 3.46. The van der Waals surface area contributed by atoms with Crippen LogP contribution in [0, 0.1) is 0 Å². The largest absolute Gasteiger partial charge is 0.395 e. The van der Waals surface area contributed by atoms with Crippen molar-refractivity contribution in [3.63, 3.8) is 0 Å². The van der Waals surface area contributed by atoms with Gasteiger partial charge in [-0.25, -0.2) is 9.97 Å². The average Bonchev–Trinajstić information content (AvgIpc) is 3.56. The van der Waals surface area contributed by atoms with Gasteiger partial charge < -0.3 is 10.0 Å². The van der Waals surface area contributed by atoms with E-state index in [1.165, 1.54) is 36.8 Å². The number of nitrogens with zero attached hydrogens (tertiary/aromatic N) is 3. The van der Waals surface area contributed by atoms with Gasteiger partial charge in [-0.2, -0.15) is 0 Å². The van der Waals surface area contributed by atoms with Crippen LogP contribution in [0.3, 0.4) is 0 Å². The number of aliphatic hydroxyl groups is 1. The number of fused-ring (bicyclic) bond motifs is 1. The van der Waals surface area contributed by atoms with Gasteiger partial charge >= 0.3 is 0 Å². The van der Waals surface area contributed by atoms with Gasteiger partial charge in [0.15, 0.2) is 0 Å². The Kier molecular flexibility index (Phi) is 3.71. The topological polar surface area (TPSA) is 49.2 Å². The summed E-state index contributed by atoms with van der Waals surface area (Å²) in [4.78, 5) is 13.3. The lowest BCUT2D eigenvalue weighted by atomic mass is 10.1. The summed E-state index contributed by atoms with van der Waals surface area (Å²) in [6.07, 6.45) is 4.78. The highest BCUT2D eigenvalue weighted by Crippen LogP contribution is 2.45. The number of rotatable bonds is 6. The molecule has 0 amide bonds. The molecule has 3 aromatic rings. The molecule has 2 aliphatic carbocycles. The third kappa shape index (κ3) is 2.81. The van der Waals surface area contributed by atoms with Crippen LogP contribution in [0.15, 0.2) is 35.7 Å². The van der Waals surface area contributed by atoms with Crippen LogP contribution < -0.4 is 4.90 Å². The van der Waals surface area contributed by atoms with Crippen molar-refractivity contribution in [2.75, 3.05) is 18.1 Å². The Labute approximate surface area is 151 Å². The van der Waals surface area contributed by atoms with Gasteiger partial charge in [0.25, 0.3) is 0 Å². The highest BCUT2D eigenvalue weighted by atomic mass is 32.1. The predicted molar refractivity (Wildman–Crippen MR) is 102 cm³/mol. The minimum absolute atomic E-state index is 0.158. The van der Waals surface area contributed by atoms with Crippen molar-refractivity contribution in [1.82, 2.24) is 9.97 Å². The number of aliphatic hydroxyl groups excluding tert-OH is 1. The highest BCUT2D eigenvalue weighted by molar-refractivity contribution is 7.17. The second-order valence-electron chi connectivity index (χ2n) is 7.02. The summed E-state index contributed by atoms with van der Waals surface area (Å²) in [6, 6.07) is 11.0. The highest BCUT2D eigenvalue weighted by Gasteiger charge is 2.34. The van der Waals surface area contributed by atoms with Gasteiger partial charge in [-0.15, -0.1) is 11.3 Å². The second kappa shape index (κ2) is 6.07. The molecule has 0 saturated heterocycles. The van der Waals surface area contributed by atoms with Gasteiger partial charge in [-0.3, -0.25) is 0 Å². The molecule has 1 N–H and O–H groups in total. The molecule has 2 fully saturated rings. The first-order valence-electron chi connectivity index (χ1n) is 9.07. The monoisotopic (exact) mass is 351 g/mol. The second-order valence-corrected chi connectivity index (χ2v) is 7.88. The van der Waals surface area contributed by atoms with Gasteiger partial charge in [0.2, 0.25) is 0 Å². The number of hydrogen-bond acceptors (Lipinski definition) is 5. The van der Waals surface area contributed by atoms with Gasteiger partial charge in [0.1, 0.15) is 16.5 Å². The standard InChI is InChI=1S/C20H21N3OS/c24-11-10-23(15-8-9-15)19-17-16(13-4-2-1-3-5-13)12-25-20(17)22-18(21-19)14-6-7-14/h1-5,12,14-15,24H,6-11H2. The Balaban J connectivity index is 1.72. The Hall–Kier alpha value is -1.98. The molecular weight excluding hydrogens is 330 g/mol. The maximum absolute atomic E-state index is 9.59. The molecule has 128 valence electrons. The zero-order chi connectivity index (χ0) is 16.8. The lowest BCUT2D eigenvalue weighted by Gasteiger charge is -2.24. The smallest absolute Gasteiger partial charge is 0.142 e. The van der Waals surface area contributed by atoms with E-state index in [-0.39, 0.29) is 6.61 Å². The Bertz CT molecular complexity index is 900. The van der Waals surface area contributed by atoms with Crippen LogP contribution in [-0.2, 0) is 0 Å². The van der Waals surface area contributed by atoms with Gasteiger partial charge in [-0.05, 0) is 31.2 Å². The van der Waals surface area contributed by atoms with E-state index in [4.69, 9.17) is 9.97 Å². The lowest BCUT2D eigenvalue weighted by molar-refractivity contribution is 0.301. The van der Waals surface area contributed by atoms with E-state index in [0.29, 0.717) is 18.5 Å². The maximum Gasteiger partial charge on any atom is 0.142 e. The van der Waals surface area contributed by atoms with Crippen molar-refractivity contribution in [2.24, 2.45) is 0 Å². The molecule has 2 aliphatic rings. The van der Waals surface area contributed by atoms with E-state index in [2.05, 4.69) is 34.5 Å². The van der Waals surface area contributed by atoms with Gasteiger partial charge in [0.05, 0.1) is 12.0 Å². The number of benzene rings is 1. The molecule has 25 heavy (non-hydrogen) atoms. The maximum atomic E-state index is 9.59. The minimum atomic E-state index is 0.158. The molecule has 5 heteroatoms. The quantitative estimate of drug-likeness (QED) is 0.723. The predicted octanol–water partition coefficient (Wildman–Crippen LogP) is 4.20. The van der Waals surface area contributed by atoms with Crippen molar-refractivity contribution < 1.29 is 5.11 Å². The molecule has 0 unspecified atom stereocenters. The van der Waals surface area contributed by atoms with E-state index in [1.807, 2.05) is 6.07 Å². The van der Waals surface area contributed by atoms with Gasteiger partial charge in [0, 0.05) is 29.4 Å². The van der Waals surface area contributed by atoms with Crippen LogP contribution in [0.4, 0.5) is 5.82 Å². The molecule has 0 spiro atoms. The summed E-state index contributed by atoms with van der Waals surface area (Å²) in [6.45, 7) is 0.802. The van der Waals surface area contributed by atoms with Crippen LogP contribution in [0.25, 0.3) is 21.3 Å². The number of aromatic nitrogens is 2. The summed E-state index contributed by atoms with van der Waals surface area (Å²) in [7, 11) is 0. The summed E-state index contributed by atoms with van der Waals surface area (Å²) in [5.74, 6) is 2.55. The summed E-state index contributed by atoms with van der Waals surface area (Å²) >= 11 is 1.71. The summed E-state index contributed by atoms with van der Waals surface area (Å²) in [5.41, 5.74) is 2.42. The van der Waals surface area contributed by atoms with Crippen molar-refractivity contribution >= 4 is 27.4 Å². The van der Waals surface area contributed by atoms with Crippen molar-refractivity contribution in [2.45, 2.75) is 37.6 Å². The molecule has 0 aliphatic heterocycles. The van der Waals surface area contributed by atoms with Crippen LogP contribution in [0.2, 0.25) is 0 Å². The molecule has 2 aromatic heterocycles. The molecule has 0 bridgehead atoms. The van der Waals surface area contributed by atoms with Crippen molar-refractivity contribution in [3.05, 3.63) is 41.5 Å². The van der Waals surface area contributed by atoms with E-state index in [9.17, 15) is 5.11 Å². The summed E-state index contributed by atoms with van der Waals surface area (Å²) < 4.78 is 0. The Morgan fingerprint density at radius 3 is 2.56 bits per heavy atom. The Morgan fingerprint density at radius 1 is 1.08 bits per heavy atom. The summed E-state index contributed by atoms with van der Waals surface area (Å²) in [5, 5.41) is 13.0.